The van der Waals surface area contributed by atoms with Gasteiger partial charge in [-0.3, -0.25) is 0 Å². The normalized spacial score (nSPS) is 15.0. The van der Waals surface area contributed by atoms with Gasteiger partial charge in [-0.25, -0.2) is 0 Å². The maximum Gasteiger partial charge on any atom is 0.0333 e. The van der Waals surface area contributed by atoms with Gasteiger partial charge >= 0.3 is 0 Å². The van der Waals surface area contributed by atoms with E-state index in [4.69, 9.17) is 0 Å². The second-order valence-corrected chi connectivity index (χ2v) is 5.49. The number of rotatable bonds is 7. The van der Waals surface area contributed by atoms with Gasteiger partial charge in [0.25, 0.3) is 0 Å². The highest BCUT2D eigenvalue weighted by Crippen LogP contribution is 2.28. The molecule has 2 unspecified atom stereocenters. The monoisotopic (exact) mass is 239 g/mol. The molecule has 1 rings (SSSR count). The van der Waals surface area contributed by atoms with Crippen LogP contribution in [0.3, 0.4) is 0 Å². The third kappa shape index (κ3) is 3.91. The molecule has 1 nitrogen and oxygen atoms in total. The summed E-state index contributed by atoms with van der Waals surface area (Å²) in [5.41, 5.74) is 2.95. The van der Waals surface area contributed by atoms with E-state index in [0.717, 1.165) is 12.5 Å². The van der Waals surface area contributed by atoms with Crippen LogP contribution in [0.4, 0.5) is 0 Å². The molecular weight excluding hydrogens is 214 g/mol. The molecule has 2 heteroatoms. The van der Waals surface area contributed by atoms with E-state index in [2.05, 4.69) is 43.8 Å². The lowest BCUT2D eigenvalue weighted by Crippen LogP contribution is -2.23. The number of hydrogen-bond donors (Lipinski definition) is 1. The summed E-state index contributed by atoms with van der Waals surface area (Å²) >= 11 is 1.82. The lowest BCUT2D eigenvalue weighted by Gasteiger charge is -2.22. The zero-order valence-electron chi connectivity index (χ0n) is 11.0. The largest absolute Gasteiger partial charge is 0.310 e. The van der Waals surface area contributed by atoms with E-state index in [1.165, 1.54) is 30.4 Å². The molecule has 0 saturated carbocycles. The van der Waals surface area contributed by atoms with Crippen molar-refractivity contribution < 1.29 is 0 Å². The van der Waals surface area contributed by atoms with Gasteiger partial charge in [0, 0.05) is 6.04 Å². The molecule has 0 aliphatic heterocycles. The minimum atomic E-state index is 0.554. The van der Waals surface area contributed by atoms with Crippen molar-refractivity contribution in [3.05, 3.63) is 21.9 Å². The Morgan fingerprint density at radius 2 is 2.06 bits per heavy atom. The Morgan fingerprint density at radius 3 is 2.56 bits per heavy atom. The highest BCUT2D eigenvalue weighted by Gasteiger charge is 2.16. The number of thiophene rings is 1. The fourth-order valence-electron chi connectivity index (χ4n) is 2.31. The summed E-state index contributed by atoms with van der Waals surface area (Å²) in [6.45, 7) is 10.1. The Hall–Kier alpha value is -0.340. The quantitative estimate of drug-likeness (QED) is 0.737. The number of hydrogen-bond acceptors (Lipinski definition) is 2. The summed E-state index contributed by atoms with van der Waals surface area (Å²) < 4.78 is 0. The number of aryl methyl sites for hydroxylation is 1. The first-order chi connectivity index (χ1) is 7.69. The van der Waals surface area contributed by atoms with Crippen LogP contribution in [0.1, 0.15) is 57.2 Å². The van der Waals surface area contributed by atoms with E-state index in [1.807, 2.05) is 11.3 Å². The Bertz CT molecular complexity index is 293. The first kappa shape index (κ1) is 13.7. The first-order valence-electron chi connectivity index (χ1n) is 6.45. The predicted molar refractivity (Wildman–Crippen MR) is 74.2 cm³/mol. The topological polar surface area (TPSA) is 12.0 Å². The fourth-order valence-corrected chi connectivity index (χ4v) is 3.21. The molecule has 2 atom stereocenters. The zero-order valence-corrected chi connectivity index (χ0v) is 11.9. The van der Waals surface area contributed by atoms with Crippen LogP contribution in [0.2, 0.25) is 0 Å². The third-order valence-corrected chi connectivity index (χ3v) is 4.02. The minimum absolute atomic E-state index is 0.554. The van der Waals surface area contributed by atoms with Crippen molar-refractivity contribution >= 4 is 11.3 Å². The Balaban J connectivity index is 2.64. The molecule has 0 aliphatic rings. The summed E-state index contributed by atoms with van der Waals surface area (Å²) in [4.78, 5) is 0. The van der Waals surface area contributed by atoms with Gasteiger partial charge < -0.3 is 5.32 Å². The Morgan fingerprint density at radius 1 is 1.31 bits per heavy atom. The molecule has 0 spiro atoms. The highest BCUT2D eigenvalue weighted by molar-refractivity contribution is 7.08. The molecule has 1 aromatic heterocycles. The van der Waals surface area contributed by atoms with Crippen LogP contribution in [-0.2, 0) is 0 Å². The van der Waals surface area contributed by atoms with Crippen molar-refractivity contribution in [3.8, 4) is 0 Å². The summed E-state index contributed by atoms with van der Waals surface area (Å²) in [7, 11) is 0. The molecule has 0 fully saturated rings. The Kier molecular flexibility index (Phi) is 6.07. The first-order valence-corrected chi connectivity index (χ1v) is 7.39. The van der Waals surface area contributed by atoms with E-state index in [-0.39, 0.29) is 0 Å². The van der Waals surface area contributed by atoms with Crippen LogP contribution in [0.5, 0.6) is 0 Å². The van der Waals surface area contributed by atoms with Crippen molar-refractivity contribution in [2.24, 2.45) is 5.92 Å². The lowest BCUT2D eigenvalue weighted by atomic mass is 9.93. The zero-order chi connectivity index (χ0) is 12.0. The molecule has 92 valence electrons. The van der Waals surface area contributed by atoms with Gasteiger partial charge in [-0.15, -0.1) is 0 Å². The molecule has 0 radical (unpaired) electrons. The van der Waals surface area contributed by atoms with Gasteiger partial charge in [-0.2, -0.15) is 11.3 Å². The average molecular weight is 239 g/mol. The van der Waals surface area contributed by atoms with Crippen molar-refractivity contribution in [2.45, 2.75) is 53.0 Å². The van der Waals surface area contributed by atoms with Gasteiger partial charge in [0.05, 0.1) is 0 Å². The third-order valence-electron chi connectivity index (χ3n) is 3.14. The second kappa shape index (κ2) is 7.08. The molecule has 0 amide bonds. The van der Waals surface area contributed by atoms with Gasteiger partial charge in [0.1, 0.15) is 0 Å². The maximum absolute atomic E-state index is 3.62. The summed E-state index contributed by atoms with van der Waals surface area (Å²) in [6.07, 6.45) is 3.90. The highest BCUT2D eigenvalue weighted by atomic mass is 32.1. The molecular formula is C14H25NS. The van der Waals surface area contributed by atoms with E-state index in [9.17, 15) is 0 Å². The SMILES string of the molecule is CCCC(C)CC(NCC)c1cscc1C. The molecule has 1 heterocycles. The molecule has 0 aromatic carbocycles. The van der Waals surface area contributed by atoms with Crippen molar-refractivity contribution in [1.82, 2.24) is 5.32 Å². The van der Waals surface area contributed by atoms with Crippen molar-refractivity contribution in [1.29, 1.82) is 0 Å². The molecule has 16 heavy (non-hydrogen) atoms. The molecule has 0 bridgehead atoms. The molecule has 1 aromatic rings. The lowest BCUT2D eigenvalue weighted by molar-refractivity contribution is 0.395. The molecule has 0 saturated heterocycles. The fraction of sp³-hybridized carbons (Fsp3) is 0.714. The minimum Gasteiger partial charge on any atom is -0.310 e. The van der Waals surface area contributed by atoms with Crippen LogP contribution in [0.15, 0.2) is 10.8 Å². The summed E-state index contributed by atoms with van der Waals surface area (Å²) in [5.74, 6) is 0.813. The van der Waals surface area contributed by atoms with Gasteiger partial charge in [-0.1, -0.05) is 33.6 Å². The van der Waals surface area contributed by atoms with E-state index < -0.39 is 0 Å². The smallest absolute Gasteiger partial charge is 0.0333 e. The van der Waals surface area contributed by atoms with Gasteiger partial charge in [0.15, 0.2) is 0 Å². The Labute approximate surface area is 104 Å². The van der Waals surface area contributed by atoms with Gasteiger partial charge in [-0.05, 0) is 47.7 Å². The van der Waals surface area contributed by atoms with Crippen LogP contribution in [-0.4, -0.2) is 6.54 Å². The van der Waals surface area contributed by atoms with E-state index in [0.29, 0.717) is 6.04 Å². The van der Waals surface area contributed by atoms with Crippen LogP contribution < -0.4 is 5.32 Å². The van der Waals surface area contributed by atoms with Gasteiger partial charge in [0.2, 0.25) is 0 Å². The summed E-state index contributed by atoms with van der Waals surface area (Å²) in [6, 6.07) is 0.554. The van der Waals surface area contributed by atoms with Crippen LogP contribution in [0, 0.1) is 12.8 Å². The van der Waals surface area contributed by atoms with E-state index >= 15 is 0 Å². The number of nitrogens with one attached hydrogen (secondary N) is 1. The van der Waals surface area contributed by atoms with Crippen LogP contribution in [0.25, 0.3) is 0 Å². The van der Waals surface area contributed by atoms with Crippen LogP contribution >= 0.6 is 11.3 Å². The molecule has 0 aliphatic carbocycles. The molecule has 1 N–H and O–H groups in total. The average Bonchev–Trinajstić information content (AvgIpc) is 2.64. The van der Waals surface area contributed by atoms with Crippen molar-refractivity contribution in [2.75, 3.05) is 6.54 Å². The maximum atomic E-state index is 3.62. The van der Waals surface area contributed by atoms with E-state index in [1.54, 1.807) is 0 Å². The predicted octanol–water partition coefficient (Wildman–Crippen LogP) is 4.53. The second-order valence-electron chi connectivity index (χ2n) is 4.75. The summed E-state index contributed by atoms with van der Waals surface area (Å²) in [5, 5.41) is 8.18. The van der Waals surface area contributed by atoms with Crippen molar-refractivity contribution in [3.63, 3.8) is 0 Å². The standard InChI is InChI=1S/C14H25NS/c1-5-7-11(3)8-14(15-6-2)13-10-16-9-12(13)4/h9-11,14-15H,5-8H2,1-4H3.